The normalized spacial score (nSPS) is 11.5. The van der Waals surface area contributed by atoms with Crippen molar-refractivity contribution in [3.05, 3.63) is 15.4 Å². The quantitative estimate of drug-likeness (QED) is 0.716. The maximum absolute atomic E-state index is 12.0. The largest absolute Gasteiger partial charge is 0.463 e. The summed E-state index contributed by atoms with van der Waals surface area (Å²) in [4.78, 5) is 16.9. The van der Waals surface area contributed by atoms with E-state index in [9.17, 15) is 13.2 Å². The number of anilines is 1. The Hall–Kier alpha value is -1.88. The summed E-state index contributed by atoms with van der Waals surface area (Å²) in [6, 6.07) is 0.0409. The molecule has 2 aromatic rings. The van der Waals surface area contributed by atoms with E-state index in [0.717, 1.165) is 0 Å². The van der Waals surface area contributed by atoms with Crippen LogP contribution in [0.2, 0.25) is 0 Å². The molecule has 2 aromatic heterocycles. The van der Waals surface area contributed by atoms with Crippen LogP contribution in [0.4, 0.5) is 5.95 Å². The number of hydrogen-bond acceptors (Lipinski definition) is 7. The zero-order valence-electron chi connectivity index (χ0n) is 10.1. The summed E-state index contributed by atoms with van der Waals surface area (Å²) in [5.74, 6) is -0.0799. The predicted molar refractivity (Wildman–Crippen MR) is 68.0 cm³/mol. The molecule has 0 bridgehead atoms. The molecule has 0 aliphatic rings. The van der Waals surface area contributed by atoms with Gasteiger partial charge in [-0.2, -0.15) is 4.98 Å². The minimum absolute atomic E-state index is 0.0409. The second-order valence-electron chi connectivity index (χ2n) is 3.43. The number of hydrogen-bond donors (Lipinski definition) is 3. The number of aromatic amines is 2. The molecule has 0 aliphatic heterocycles. The zero-order chi connectivity index (χ0) is 14.0. The topological polar surface area (TPSA) is 130 Å². The first-order valence-corrected chi connectivity index (χ1v) is 7.50. The molecule has 19 heavy (non-hydrogen) atoms. The number of ether oxygens (including phenoxy) is 1. The summed E-state index contributed by atoms with van der Waals surface area (Å²) < 4.78 is 31.1. The van der Waals surface area contributed by atoms with Gasteiger partial charge in [0.15, 0.2) is 4.21 Å². The zero-order valence-corrected chi connectivity index (χ0v) is 11.7. The van der Waals surface area contributed by atoms with E-state index in [4.69, 9.17) is 4.74 Å². The molecule has 0 atom stereocenters. The van der Waals surface area contributed by atoms with E-state index in [-0.39, 0.29) is 21.9 Å². The number of aromatic nitrogens is 4. The molecule has 2 heterocycles. The van der Waals surface area contributed by atoms with Crippen molar-refractivity contribution in [2.24, 2.45) is 0 Å². The van der Waals surface area contributed by atoms with E-state index in [1.807, 2.05) is 0 Å². The Bertz CT molecular complexity index is 728. The van der Waals surface area contributed by atoms with Crippen molar-refractivity contribution in [3.63, 3.8) is 0 Å². The molecule has 0 aliphatic carbocycles. The fraction of sp³-hybridized carbons (Fsp3) is 0.375. The van der Waals surface area contributed by atoms with Gasteiger partial charge in [-0.05, 0) is 13.8 Å². The van der Waals surface area contributed by atoms with Crippen LogP contribution in [0.15, 0.2) is 9.00 Å². The maximum atomic E-state index is 12.0. The summed E-state index contributed by atoms with van der Waals surface area (Å²) in [6.45, 7) is 3.61. The molecular weight excluding hydrogens is 294 g/mol. The van der Waals surface area contributed by atoms with Crippen molar-refractivity contribution in [1.29, 1.82) is 0 Å². The van der Waals surface area contributed by atoms with Gasteiger partial charge >= 0.3 is 10.9 Å². The van der Waals surface area contributed by atoms with Crippen LogP contribution in [0.5, 0.6) is 6.01 Å². The van der Waals surface area contributed by atoms with Crippen LogP contribution in [-0.2, 0) is 10.0 Å². The smallest absolute Gasteiger partial charge is 0.337 e. The first kappa shape index (κ1) is 13.5. The van der Waals surface area contributed by atoms with Gasteiger partial charge in [0.25, 0.3) is 10.0 Å². The lowest BCUT2D eigenvalue weighted by atomic mass is 10.6. The Balaban J connectivity index is 2.25. The molecule has 0 saturated carbocycles. The molecule has 0 radical (unpaired) electrons. The number of H-pyrrole nitrogens is 2. The Kier molecular flexibility index (Phi) is 3.57. The third-order valence-electron chi connectivity index (χ3n) is 1.99. The molecule has 9 nitrogen and oxygen atoms in total. The monoisotopic (exact) mass is 305 g/mol. The standard InChI is InChI=1S/C8H11N5O4S2/c1-3-17-7-10-6(11-12-7)13-19(15,16)5-4(2)9-8(14)18-5/h3H2,1-2H3,(H,9,14)(H2,10,11,12,13). The van der Waals surface area contributed by atoms with E-state index in [1.54, 1.807) is 6.92 Å². The van der Waals surface area contributed by atoms with Crippen molar-refractivity contribution in [2.45, 2.75) is 18.1 Å². The highest BCUT2D eigenvalue weighted by molar-refractivity contribution is 7.94. The number of sulfonamides is 1. The highest BCUT2D eigenvalue weighted by atomic mass is 32.2. The molecule has 0 spiro atoms. The highest BCUT2D eigenvalue weighted by Crippen LogP contribution is 2.19. The van der Waals surface area contributed by atoms with E-state index < -0.39 is 14.9 Å². The molecule has 104 valence electrons. The first-order valence-electron chi connectivity index (χ1n) is 5.20. The average molecular weight is 305 g/mol. The van der Waals surface area contributed by atoms with Crippen LogP contribution in [-0.4, -0.2) is 35.2 Å². The number of thiazole rings is 1. The summed E-state index contributed by atoms with van der Waals surface area (Å²) in [5, 5.41) is 6.04. The summed E-state index contributed by atoms with van der Waals surface area (Å²) >= 11 is 0.603. The Labute approximate surface area is 112 Å². The van der Waals surface area contributed by atoms with E-state index in [0.29, 0.717) is 17.9 Å². The van der Waals surface area contributed by atoms with Gasteiger partial charge in [-0.15, -0.1) is 5.10 Å². The molecule has 0 fully saturated rings. The lowest BCUT2D eigenvalue weighted by molar-refractivity contribution is 0.314. The number of nitrogens with one attached hydrogen (secondary N) is 3. The van der Waals surface area contributed by atoms with Gasteiger partial charge in [0, 0.05) is 5.69 Å². The van der Waals surface area contributed by atoms with Gasteiger partial charge in [-0.25, -0.2) is 18.2 Å². The van der Waals surface area contributed by atoms with Gasteiger partial charge in [-0.3, -0.25) is 4.79 Å². The number of nitrogens with zero attached hydrogens (tertiary/aromatic N) is 2. The van der Waals surface area contributed by atoms with Gasteiger partial charge in [-0.1, -0.05) is 11.3 Å². The second-order valence-corrected chi connectivity index (χ2v) is 6.29. The molecule has 3 N–H and O–H groups in total. The molecule has 11 heteroatoms. The van der Waals surface area contributed by atoms with E-state index in [2.05, 4.69) is 24.9 Å². The van der Waals surface area contributed by atoms with Gasteiger partial charge in [0.1, 0.15) is 0 Å². The van der Waals surface area contributed by atoms with Crippen LogP contribution in [0.3, 0.4) is 0 Å². The molecular formula is C8H11N5O4S2. The Morgan fingerprint density at radius 2 is 2.21 bits per heavy atom. The fourth-order valence-corrected chi connectivity index (χ4v) is 3.57. The Morgan fingerprint density at radius 1 is 1.47 bits per heavy atom. The molecule has 0 amide bonds. The third-order valence-corrected chi connectivity index (χ3v) is 4.94. The lowest BCUT2D eigenvalue weighted by Gasteiger charge is -2.02. The van der Waals surface area contributed by atoms with Crippen molar-refractivity contribution >= 4 is 27.3 Å². The van der Waals surface area contributed by atoms with Crippen molar-refractivity contribution in [1.82, 2.24) is 20.2 Å². The average Bonchev–Trinajstić information content (AvgIpc) is 2.86. The van der Waals surface area contributed by atoms with Gasteiger partial charge in [0.2, 0.25) is 5.95 Å². The molecule has 0 aromatic carbocycles. The van der Waals surface area contributed by atoms with Crippen LogP contribution in [0.25, 0.3) is 0 Å². The SMILES string of the molecule is CCOc1n[nH]c(NS(=O)(=O)c2sc(=O)[nH]c2C)n1. The molecule has 2 rings (SSSR count). The van der Waals surface area contributed by atoms with Crippen molar-refractivity contribution < 1.29 is 13.2 Å². The maximum Gasteiger partial charge on any atom is 0.337 e. The summed E-state index contributed by atoms with van der Waals surface area (Å²) in [7, 11) is -3.88. The van der Waals surface area contributed by atoms with E-state index in [1.165, 1.54) is 6.92 Å². The van der Waals surface area contributed by atoms with Crippen molar-refractivity contribution in [3.8, 4) is 6.01 Å². The molecule has 0 unspecified atom stereocenters. The lowest BCUT2D eigenvalue weighted by Crippen LogP contribution is -2.13. The summed E-state index contributed by atoms with van der Waals surface area (Å²) in [5.41, 5.74) is 0.270. The van der Waals surface area contributed by atoms with Gasteiger partial charge < -0.3 is 9.72 Å². The fourth-order valence-electron chi connectivity index (χ4n) is 1.31. The third kappa shape index (κ3) is 2.93. The Morgan fingerprint density at radius 3 is 2.79 bits per heavy atom. The van der Waals surface area contributed by atoms with Crippen LogP contribution < -0.4 is 14.3 Å². The summed E-state index contributed by atoms with van der Waals surface area (Å²) in [6.07, 6.45) is 0. The van der Waals surface area contributed by atoms with Gasteiger partial charge in [0.05, 0.1) is 6.61 Å². The molecule has 0 saturated heterocycles. The number of rotatable bonds is 5. The minimum Gasteiger partial charge on any atom is -0.463 e. The first-order chi connectivity index (χ1) is 8.92. The van der Waals surface area contributed by atoms with Crippen LogP contribution in [0.1, 0.15) is 12.6 Å². The number of aryl methyl sites for hydroxylation is 1. The minimum atomic E-state index is -3.88. The van der Waals surface area contributed by atoms with Crippen LogP contribution >= 0.6 is 11.3 Å². The highest BCUT2D eigenvalue weighted by Gasteiger charge is 2.22. The van der Waals surface area contributed by atoms with Crippen molar-refractivity contribution in [2.75, 3.05) is 11.3 Å². The van der Waals surface area contributed by atoms with E-state index >= 15 is 0 Å². The predicted octanol–water partition coefficient (Wildman–Crippen LogP) is 0.0624. The second kappa shape index (κ2) is 5.01. The van der Waals surface area contributed by atoms with Crippen LogP contribution in [0, 0.1) is 6.92 Å².